The summed E-state index contributed by atoms with van der Waals surface area (Å²) in [7, 11) is 1.35. The minimum absolute atomic E-state index is 0.0932. The lowest BCUT2D eigenvalue weighted by atomic mass is 9.84. The van der Waals surface area contributed by atoms with Crippen LogP contribution in [0.15, 0.2) is 24.3 Å². The maximum Gasteiger partial charge on any atom is 0.337 e. The molecule has 2 atom stereocenters. The molecule has 7 nitrogen and oxygen atoms in total. The van der Waals surface area contributed by atoms with Gasteiger partial charge in [-0.2, -0.15) is 0 Å². The predicted octanol–water partition coefficient (Wildman–Crippen LogP) is 1.65. The lowest BCUT2D eigenvalue weighted by Gasteiger charge is -2.29. The van der Waals surface area contributed by atoms with Crippen molar-refractivity contribution < 1.29 is 28.5 Å². The Hall–Kier alpha value is -2.12. The number of nitrogens with zero attached hydrogens (tertiary/aromatic N) is 1. The molecule has 1 saturated carbocycles. The summed E-state index contributed by atoms with van der Waals surface area (Å²) in [5.74, 6) is 0.724. The van der Waals surface area contributed by atoms with Gasteiger partial charge in [0.1, 0.15) is 24.1 Å². The molecular formula is C20H25NO6. The van der Waals surface area contributed by atoms with E-state index in [-0.39, 0.29) is 36.1 Å². The molecule has 0 radical (unpaired) electrons. The Morgan fingerprint density at radius 1 is 1.04 bits per heavy atom. The Morgan fingerprint density at radius 3 is 2.19 bits per heavy atom. The van der Waals surface area contributed by atoms with E-state index in [1.54, 1.807) is 24.3 Å². The van der Waals surface area contributed by atoms with E-state index in [4.69, 9.17) is 14.2 Å². The summed E-state index contributed by atoms with van der Waals surface area (Å²) in [5.41, 5.74) is 0.476. The molecule has 3 fully saturated rings. The van der Waals surface area contributed by atoms with Crippen LogP contribution in [0.5, 0.6) is 5.75 Å². The zero-order valence-corrected chi connectivity index (χ0v) is 15.5. The average Bonchev–Trinajstić information content (AvgIpc) is 2.97. The molecule has 3 aliphatic rings. The largest absolute Gasteiger partial charge is 0.486 e. The van der Waals surface area contributed by atoms with Crippen molar-refractivity contribution in [3.8, 4) is 5.75 Å². The zero-order valence-electron chi connectivity index (χ0n) is 15.5. The number of amides is 1. The van der Waals surface area contributed by atoms with Crippen molar-refractivity contribution in [1.29, 1.82) is 0 Å². The smallest absolute Gasteiger partial charge is 0.337 e. The topological polar surface area (TPSA) is 74.3 Å². The maximum atomic E-state index is 12.4. The SMILES string of the molecule is COC(=O)c1ccc(OC2CO[C@H]3CN(C(=O)C4CCC4)C[C@@H]3OC2)cc1. The van der Waals surface area contributed by atoms with Gasteiger partial charge in [0, 0.05) is 19.0 Å². The number of carbonyl (C=O) groups excluding carboxylic acids is 2. The Kier molecular flexibility index (Phi) is 5.31. The van der Waals surface area contributed by atoms with E-state index in [0.717, 1.165) is 19.3 Å². The molecule has 2 saturated heterocycles. The Morgan fingerprint density at radius 2 is 1.67 bits per heavy atom. The number of fused-ring (bicyclic) bond motifs is 1. The van der Waals surface area contributed by atoms with Crippen molar-refractivity contribution in [2.45, 2.75) is 37.6 Å². The van der Waals surface area contributed by atoms with E-state index in [9.17, 15) is 9.59 Å². The van der Waals surface area contributed by atoms with Crippen LogP contribution in [0, 0.1) is 5.92 Å². The van der Waals surface area contributed by atoms with Crippen LogP contribution in [0.2, 0.25) is 0 Å². The number of likely N-dealkylation sites (tertiary alicyclic amines) is 1. The number of esters is 1. The fourth-order valence-electron chi connectivity index (χ4n) is 3.72. The first-order valence-corrected chi connectivity index (χ1v) is 9.51. The summed E-state index contributed by atoms with van der Waals surface area (Å²) in [5, 5.41) is 0. The predicted molar refractivity (Wildman–Crippen MR) is 95.6 cm³/mol. The standard InChI is InChI=1S/C20H25NO6/c1-24-20(23)14-5-7-15(8-6-14)27-16-11-25-17-9-21(10-18(17)26-12-16)19(22)13-3-2-4-13/h5-8,13,16-18H,2-4,9-12H2,1H3/t17-,18-/m0/s1. The van der Waals surface area contributed by atoms with Crippen LogP contribution in [0.4, 0.5) is 0 Å². The number of methoxy groups -OCH3 is 1. The van der Waals surface area contributed by atoms with E-state index in [0.29, 0.717) is 37.6 Å². The van der Waals surface area contributed by atoms with Gasteiger partial charge in [-0.15, -0.1) is 0 Å². The van der Waals surface area contributed by atoms with Gasteiger partial charge in [-0.3, -0.25) is 4.79 Å². The van der Waals surface area contributed by atoms with Gasteiger partial charge in [-0.1, -0.05) is 6.42 Å². The van der Waals surface area contributed by atoms with E-state index < -0.39 is 0 Å². The molecule has 1 aromatic rings. The number of benzene rings is 1. The molecule has 0 aromatic heterocycles. The number of ether oxygens (including phenoxy) is 4. The van der Waals surface area contributed by atoms with Gasteiger partial charge in [-0.25, -0.2) is 4.79 Å². The fraction of sp³-hybridized carbons (Fsp3) is 0.600. The highest BCUT2D eigenvalue weighted by Crippen LogP contribution is 2.31. The molecule has 0 unspecified atom stereocenters. The molecule has 146 valence electrons. The number of carbonyl (C=O) groups is 2. The second kappa shape index (κ2) is 7.86. The first-order chi connectivity index (χ1) is 13.1. The summed E-state index contributed by atoms with van der Waals surface area (Å²) in [6, 6.07) is 6.80. The molecule has 4 rings (SSSR count). The van der Waals surface area contributed by atoms with Crippen LogP contribution in [-0.2, 0) is 19.0 Å². The Bertz CT molecular complexity index is 670. The molecule has 1 aromatic carbocycles. The minimum Gasteiger partial charge on any atom is -0.486 e. The molecule has 1 aliphatic carbocycles. The van der Waals surface area contributed by atoms with Crippen LogP contribution in [0.1, 0.15) is 29.6 Å². The van der Waals surface area contributed by atoms with Crippen molar-refractivity contribution in [2.75, 3.05) is 33.4 Å². The fourth-order valence-corrected chi connectivity index (χ4v) is 3.72. The lowest BCUT2D eigenvalue weighted by Crippen LogP contribution is -2.39. The van der Waals surface area contributed by atoms with Crippen molar-refractivity contribution in [3.05, 3.63) is 29.8 Å². The molecule has 27 heavy (non-hydrogen) atoms. The number of hydrogen-bond acceptors (Lipinski definition) is 6. The highest BCUT2D eigenvalue weighted by molar-refractivity contribution is 5.89. The van der Waals surface area contributed by atoms with E-state index >= 15 is 0 Å². The van der Waals surface area contributed by atoms with Gasteiger partial charge in [-0.05, 0) is 37.1 Å². The van der Waals surface area contributed by atoms with Crippen LogP contribution in [0.3, 0.4) is 0 Å². The van der Waals surface area contributed by atoms with Gasteiger partial charge in [0.25, 0.3) is 0 Å². The second-order valence-electron chi connectivity index (χ2n) is 7.37. The molecule has 7 heteroatoms. The van der Waals surface area contributed by atoms with E-state index in [1.165, 1.54) is 7.11 Å². The Labute approximate surface area is 158 Å². The van der Waals surface area contributed by atoms with Crippen molar-refractivity contribution in [1.82, 2.24) is 4.90 Å². The van der Waals surface area contributed by atoms with E-state index in [2.05, 4.69) is 4.74 Å². The summed E-state index contributed by atoms with van der Waals surface area (Å²) >= 11 is 0. The normalized spacial score (nSPS) is 26.0. The average molecular weight is 375 g/mol. The molecule has 1 amide bonds. The molecule has 0 spiro atoms. The van der Waals surface area contributed by atoms with Crippen molar-refractivity contribution in [2.24, 2.45) is 5.92 Å². The second-order valence-corrected chi connectivity index (χ2v) is 7.37. The molecular weight excluding hydrogens is 350 g/mol. The molecule has 2 aliphatic heterocycles. The van der Waals surface area contributed by atoms with Crippen LogP contribution in [0.25, 0.3) is 0 Å². The van der Waals surface area contributed by atoms with Gasteiger partial charge >= 0.3 is 5.97 Å². The van der Waals surface area contributed by atoms with Crippen molar-refractivity contribution in [3.63, 3.8) is 0 Å². The minimum atomic E-state index is -0.378. The summed E-state index contributed by atoms with van der Waals surface area (Å²) < 4.78 is 22.6. The van der Waals surface area contributed by atoms with Crippen LogP contribution in [-0.4, -0.2) is 68.5 Å². The summed E-state index contributed by atoms with van der Waals surface area (Å²) in [4.78, 5) is 25.8. The van der Waals surface area contributed by atoms with Crippen LogP contribution < -0.4 is 4.74 Å². The summed E-state index contributed by atoms with van der Waals surface area (Å²) in [6.07, 6.45) is 2.77. The zero-order chi connectivity index (χ0) is 18.8. The summed E-state index contributed by atoms with van der Waals surface area (Å²) in [6.45, 7) is 2.01. The van der Waals surface area contributed by atoms with Gasteiger partial charge in [0.15, 0.2) is 0 Å². The van der Waals surface area contributed by atoms with Gasteiger partial charge in [0.2, 0.25) is 5.91 Å². The third-order valence-corrected chi connectivity index (χ3v) is 5.55. The number of hydrogen-bond donors (Lipinski definition) is 0. The third-order valence-electron chi connectivity index (χ3n) is 5.55. The molecule has 2 heterocycles. The highest BCUT2D eigenvalue weighted by Gasteiger charge is 2.42. The van der Waals surface area contributed by atoms with Gasteiger partial charge in [0.05, 0.1) is 25.9 Å². The Balaban J connectivity index is 1.29. The maximum absolute atomic E-state index is 12.4. The lowest BCUT2D eigenvalue weighted by molar-refractivity contribution is -0.138. The number of rotatable bonds is 4. The third kappa shape index (κ3) is 3.94. The quantitative estimate of drug-likeness (QED) is 0.745. The van der Waals surface area contributed by atoms with Gasteiger partial charge < -0.3 is 23.8 Å². The molecule has 0 bridgehead atoms. The van der Waals surface area contributed by atoms with E-state index in [1.807, 2.05) is 4.90 Å². The molecule has 0 N–H and O–H groups in total. The van der Waals surface area contributed by atoms with Crippen molar-refractivity contribution >= 4 is 11.9 Å². The monoisotopic (exact) mass is 375 g/mol. The first-order valence-electron chi connectivity index (χ1n) is 9.51. The first kappa shape index (κ1) is 18.3. The highest BCUT2D eigenvalue weighted by atomic mass is 16.6. The van der Waals surface area contributed by atoms with Crippen LogP contribution >= 0.6 is 0 Å².